The highest BCUT2D eigenvalue weighted by Gasteiger charge is 2.08. The molecule has 0 radical (unpaired) electrons. The Morgan fingerprint density at radius 3 is 2.83 bits per heavy atom. The fraction of sp³-hybridized carbons (Fsp3) is 0.357. The van der Waals surface area contributed by atoms with Gasteiger partial charge in [0.2, 0.25) is 0 Å². The molecule has 3 nitrogen and oxygen atoms in total. The normalized spacial score (nSPS) is 12.4. The molecule has 2 aromatic rings. The molecular weight excluding hydrogens is 246 g/mol. The van der Waals surface area contributed by atoms with Crippen LogP contribution in [0.25, 0.3) is 0 Å². The molecule has 18 heavy (non-hydrogen) atoms. The molecule has 1 heterocycles. The van der Waals surface area contributed by atoms with E-state index < -0.39 is 0 Å². The van der Waals surface area contributed by atoms with Gasteiger partial charge in [0.1, 0.15) is 0 Å². The van der Waals surface area contributed by atoms with Gasteiger partial charge >= 0.3 is 0 Å². The van der Waals surface area contributed by atoms with Crippen molar-refractivity contribution in [3.8, 4) is 0 Å². The lowest BCUT2D eigenvalue weighted by Crippen LogP contribution is -2.05. The Morgan fingerprint density at radius 1 is 1.44 bits per heavy atom. The summed E-state index contributed by atoms with van der Waals surface area (Å²) in [5, 5.41) is 8.49. The molecule has 0 fully saturated rings. The molecule has 0 bridgehead atoms. The second-order valence-corrected chi connectivity index (χ2v) is 4.87. The number of rotatable bonds is 4. The SMILES string of the molecule is CCn1cc(C(C)Nc2ccc(C)c(Cl)c2)cn1. The predicted octanol–water partition coefficient (Wildman–Crippen LogP) is 4.04. The van der Waals surface area contributed by atoms with Gasteiger partial charge < -0.3 is 5.32 Å². The van der Waals surface area contributed by atoms with Crippen molar-refractivity contribution in [2.45, 2.75) is 33.4 Å². The van der Waals surface area contributed by atoms with Crippen LogP contribution in [-0.2, 0) is 6.54 Å². The summed E-state index contributed by atoms with van der Waals surface area (Å²) >= 11 is 6.11. The molecule has 1 aromatic heterocycles. The molecule has 4 heteroatoms. The van der Waals surface area contributed by atoms with E-state index >= 15 is 0 Å². The van der Waals surface area contributed by atoms with Gasteiger partial charge in [-0.3, -0.25) is 4.68 Å². The molecule has 0 spiro atoms. The number of halogens is 1. The summed E-state index contributed by atoms with van der Waals surface area (Å²) in [5.41, 5.74) is 3.30. The number of benzene rings is 1. The highest BCUT2D eigenvalue weighted by atomic mass is 35.5. The van der Waals surface area contributed by atoms with Crippen LogP contribution in [0.4, 0.5) is 5.69 Å². The van der Waals surface area contributed by atoms with Crippen molar-refractivity contribution in [3.63, 3.8) is 0 Å². The van der Waals surface area contributed by atoms with Crippen LogP contribution in [0.2, 0.25) is 5.02 Å². The van der Waals surface area contributed by atoms with Gasteiger partial charge in [0.25, 0.3) is 0 Å². The Morgan fingerprint density at radius 2 is 2.22 bits per heavy atom. The number of aromatic nitrogens is 2. The van der Waals surface area contributed by atoms with E-state index in [0.717, 1.165) is 22.8 Å². The third kappa shape index (κ3) is 2.85. The van der Waals surface area contributed by atoms with Crippen LogP contribution in [0, 0.1) is 6.92 Å². The number of nitrogens with zero attached hydrogens (tertiary/aromatic N) is 2. The van der Waals surface area contributed by atoms with E-state index in [0.29, 0.717) is 0 Å². The summed E-state index contributed by atoms with van der Waals surface area (Å²) in [4.78, 5) is 0. The maximum absolute atomic E-state index is 6.11. The fourth-order valence-corrected chi connectivity index (χ4v) is 1.97. The lowest BCUT2D eigenvalue weighted by atomic mass is 10.1. The summed E-state index contributed by atoms with van der Waals surface area (Å²) in [6.07, 6.45) is 3.96. The predicted molar refractivity (Wildman–Crippen MR) is 76.1 cm³/mol. The minimum atomic E-state index is 0.212. The molecule has 0 aliphatic heterocycles. The number of hydrogen-bond donors (Lipinski definition) is 1. The van der Waals surface area contributed by atoms with E-state index in [2.05, 4.69) is 30.5 Å². The molecule has 0 amide bonds. The lowest BCUT2D eigenvalue weighted by Gasteiger charge is -2.14. The van der Waals surface area contributed by atoms with Crippen molar-refractivity contribution in [1.82, 2.24) is 9.78 Å². The Labute approximate surface area is 113 Å². The maximum Gasteiger partial charge on any atom is 0.0542 e. The minimum Gasteiger partial charge on any atom is -0.378 e. The standard InChI is InChI=1S/C14H18ClN3/c1-4-18-9-12(8-16-18)11(3)17-13-6-5-10(2)14(15)7-13/h5-9,11,17H,4H2,1-3H3. The van der Waals surface area contributed by atoms with Crippen molar-refractivity contribution in [1.29, 1.82) is 0 Å². The average Bonchev–Trinajstić information content (AvgIpc) is 2.82. The highest BCUT2D eigenvalue weighted by Crippen LogP contribution is 2.23. The van der Waals surface area contributed by atoms with E-state index in [4.69, 9.17) is 11.6 Å². The summed E-state index contributed by atoms with van der Waals surface area (Å²) < 4.78 is 1.93. The number of hydrogen-bond acceptors (Lipinski definition) is 2. The van der Waals surface area contributed by atoms with E-state index in [-0.39, 0.29) is 6.04 Å². The highest BCUT2D eigenvalue weighted by molar-refractivity contribution is 6.31. The second kappa shape index (κ2) is 5.44. The molecule has 0 saturated carbocycles. The van der Waals surface area contributed by atoms with Crippen LogP contribution in [0.15, 0.2) is 30.6 Å². The Bertz CT molecular complexity index is 534. The van der Waals surface area contributed by atoms with Gasteiger partial charge in [-0.15, -0.1) is 0 Å². The summed E-state index contributed by atoms with van der Waals surface area (Å²) in [5.74, 6) is 0. The van der Waals surface area contributed by atoms with Crippen molar-refractivity contribution in [3.05, 3.63) is 46.7 Å². The first-order valence-corrected chi connectivity index (χ1v) is 6.53. The fourth-order valence-electron chi connectivity index (χ4n) is 1.79. The Hall–Kier alpha value is -1.48. The van der Waals surface area contributed by atoms with Gasteiger partial charge in [-0.25, -0.2) is 0 Å². The van der Waals surface area contributed by atoms with E-state index in [1.165, 1.54) is 5.56 Å². The van der Waals surface area contributed by atoms with Crippen LogP contribution in [-0.4, -0.2) is 9.78 Å². The van der Waals surface area contributed by atoms with Crippen molar-refractivity contribution >= 4 is 17.3 Å². The lowest BCUT2D eigenvalue weighted by molar-refractivity contribution is 0.658. The van der Waals surface area contributed by atoms with E-state index in [9.17, 15) is 0 Å². The first-order valence-electron chi connectivity index (χ1n) is 6.15. The smallest absolute Gasteiger partial charge is 0.0542 e. The van der Waals surface area contributed by atoms with Gasteiger partial charge in [0.15, 0.2) is 0 Å². The third-order valence-electron chi connectivity index (χ3n) is 3.03. The first kappa shape index (κ1) is 13.0. The quantitative estimate of drug-likeness (QED) is 0.902. The molecule has 1 N–H and O–H groups in total. The molecule has 2 rings (SSSR count). The molecule has 1 unspecified atom stereocenters. The third-order valence-corrected chi connectivity index (χ3v) is 3.44. The topological polar surface area (TPSA) is 29.9 Å². The van der Waals surface area contributed by atoms with Gasteiger partial charge in [-0.05, 0) is 38.5 Å². The monoisotopic (exact) mass is 263 g/mol. The van der Waals surface area contributed by atoms with Crippen molar-refractivity contribution < 1.29 is 0 Å². The number of anilines is 1. The summed E-state index contributed by atoms with van der Waals surface area (Å²) in [6, 6.07) is 6.23. The minimum absolute atomic E-state index is 0.212. The molecule has 96 valence electrons. The molecule has 0 saturated heterocycles. The zero-order valence-corrected chi connectivity index (χ0v) is 11.7. The van der Waals surface area contributed by atoms with E-state index in [1.807, 2.05) is 36.0 Å². The molecular formula is C14H18ClN3. The zero-order chi connectivity index (χ0) is 13.1. The molecule has 1 atom stereocenters. The Kier molecular flexibility index (Phi) is 3.92. The summed E-state index contributed by atoms with van der Waals surface area (Å²) in [6.45, 7) is 7.09. The number of aryl methyl sites for hydroxylation is 2. The first-order chi connectivity index (χ1) is 8.60. The van der Waals surface area contributed by atoms with Crippen LogP contribution < -0.4 is 5.32 Å². The Balaban J connectivity index is 2.10. The van der Waals surface area contributed by atoms with Crippen LogP contribution in [0.5, 0.6) is 0 Å². The van der Waals surface area contributed by atoms with E-state index in [1.54, 1.807) is 0 Å². The molecule has 0 aliphatic carbocycles. The van der Waals surface area contributed by atoms with Crippen LogP contribution in [0.1, 0.15) is 31.0 Å². The van der Waals surface area contributed by atoms with Gasteiger partial charge in [-0.1, -0.05) is 17.7 Å². The average molecular weight is 264 g/mol. The van der Waals surface area contributed by atoms with Crippen molar-refractivity contribution in [2.24, 2.45) is 0 Å². The zero-order valence-electron chi connectivity index (χ0n) is 10.9. The second-order valence-electron chi connectivity index (χ2n) is 4.46. The van der Waals surface area contributed by atoms with Crippen LogP contribution in [0.3, 0.4) is 0 Å². The molecule has 0 aliphatic rings. The maximum atomic E-state index is 6.11. The van der Waals surface area contributed by atoms with Gasteiger partial charge in [0.05, 0.1) is 12.2 Å². The van der Waals surface area contributed by atoms with Gasteiger partial charge in [0, 0.05) is 29.0 Å². The van der Waals surface area contributed by atoms with Crippen LogP contribution >= 0.6 is 11.6 Å². The number of nitrogens with one attached hydrogen (secondary N) is 1. The van der Waals surface area contributed by atoms with Crippen molar-refractivity contribution in [2.75, 3.05) is 5.32 Å². The largest absolute Gasteiger partial charge is 0.378 e. The molecule has 1 aromatic carbocycles. The summed E-state index contributed by atoms with van der Waals surface area (Å²) in [7, 11) is 0. The van der Waals surface area contributed by atoms with Gasteiger partial charge in [-0.2, -0.15) is 5.10 Å².